The average molecular weight is 277 g/mol. The number of ether oxygens (including phenoxy) is 1. The monoisotopic (exact) mass is 277 g/mol. The van der Waals surface area contributed by atoms with Crippen molar-refractivity contribution in [2.24, 2.45) is 11.3 Å². The highest BCUT2D eigenvalue weighted by atomic mass is 16.5. The van der Waals surface area contributed by atoms with Crippen LogP contribution in [0.1, 0.15) is 66.2 Å². The van der Waals surface area contributed by atoms with E-state index in [-0.39, 0.29) is 11.1 Å². The fourth-order valence-electron chi connectivity index (χ4n) is 4.32. The van der Waals surface area contributed by atoms with Crippen LogP contribution in [-0.4, -0.2) is 17.6 Å². The van der Waals surface area contributed by atoms with Crippen molar-refractivity contribution < 1.29 is 9.53 Å². The Hall–Kier alpha value is -0.830. The fraction of sp³-hybridized carbons (Fsp3) is 0.824. The summed E-state index contributed by atoms with van der Waals surface area (Å²) in [6.07, 6.45) is 5.92. The Kier molecular flexibility index (Phi) is 3.24. The van der Waals surface area contributed by atoms with Gasteiger partial charge in [-0.2, -0.15) is 0 Å². The molecule has 2 aliphatic carbocycles. The molecule has 3 heteroatoms. The summed E-state index contributed by atoms with van der Waals surface area (Å²) in [6.45, 7) is 8.68. The van der Waals surface area contributed by atoms with Gasteiger partial charge in [0.2, 0.25) is 0 Å². The molecule has 0 spiro atoms. The molecule has 112 valence electrons. The second kappa shape index (κ2) is 4.59. The lowest BCUT2D eigenvalue weighted by Gasteiger charge is -2.50. The number of rotatable bonds is 2. The number of ketones is 1. The van der Waals surface area contributed by atoms with Gasteiger partial charge in [-0.15, -0.1) is 0 Å². The van der Waals surface area contributed by atoms with E-state index in [2.05, 4.69) is 33.0 Å². The highest BCUT2D eigenvalue weighted by Crippen LogP contribution is 2.50. The van der Waals surface area contributed by atoms with E-state index in [0.29, 0.717) is 24.2 Å². The first-order valence-electron chi connectivity index (χ1n) is 8.03. The molecular weight excluding hydrogens is 250 g/mol. The molecule has 1 N–H and O–H groups in total. The van der Waals surface area contributed by atoms with E-state index in [1.54, 1.807) is 0 Å². The van der Waals surface area contributed by atoms with Crippen molar-refractivity contribution in [3.05, 3.63) is 11.3 Å². The zero-order valence-corrected chi connectivity index (χ0v) is 13.2. The minimum Gasteiger partial charge on any atom is -0.477 e. The molecule has 3 rings (SSSR count). The maximum atomic E-state index is 12.5. The zero-order chi connectivity index (χ0) is 14.5. The van der Waals surface area contributed by atoms with Gasteiger partial charge < -0.3 is 4.74 Å². The largest absolute Gasteiger partial charge is 0.477 e. The van der Waals surface area contributed by atoms with Crippen LogP contribution in [0.3, 0.4) is 0 Å². The zero-order valence-electron chi connectivity index (χ0n) is 13.2. The molecule has 2 bridgehead atoms. The third kappa shape index (κ3) is 2.41. The summed E-state index contributed by atoms with van der Waals surface area (Å²) in [5.74, 6) is 1.75. The maximum Gasteiger partial charge on any atom is 0.163 e. The van der Waals surface area contributed by atoms with Gasteiger partial charge in [0.15, 0.2) is 11.5 Å². The molecule has 0 saturated heterocycles. The molecule has 1 fully saturated rings. The van der Waals surface area contributed by atoms with Crippen molar-refractivity contribution in [3.8, 4) is 0 Å². The van der Waals surface area contributed by atoms with Crippen LogP contribution in [0.25, 0.3) is 0 Å². The smallest absolute Gasteiger partial charge is 0.163 e. The quantitative estimate of drug-likeness (QED) is 0.839. The standard InChI is InChI=1S/C17H27NO2/c1-11(2)18-17-7-5-6-12(8-17)15-13(19)9-16(3,4)10-14(15)20-17/h11-12,18H,5-10H2,1-4H3/t12-,17+/m1/s1. The Labute approximate surface area is 122 Å². The van der Waals surface area contributed by atoms with Gasteiger partial charge in [0, 0.05) is 37.3 Å². The topological polar surface area (TPSA) is 38.3 Å². The van der Waals surface area contributed by atoms with Crippen LogP contribution < -0.4 is 5.32 Å². The van der Waals surface area contributed by atoms with Gasteiger partial charge in [0.25, 0.3) is 0 Å². The summed E-state index contributed by atoms with van der Waals surface area (Å²) >= 11 is 0. The molecule has 20 heavy (non-hydrogen) atoms. The molecule has 2 atom stereocenters. The van der Waals surface area contributed by atoms with Gasteiger partial charge in [-0.05, 0) is 38.0 Å². The Morgan fingerprint density at radius 1 is 1.30 bits per heavy atom. The number of nitrogens with one attached hydrogen (secondary N) is 1. The fourth-order valence-corrected chi connectivity index (χ4v) is 4.32. The van der Waals surface area contributed by atoms with E-state index in [9.17, 15) is 4.79 Å². The highest BCUT2D eigenvalue weighted by Gasteiger charge is 2.49. The Balaban J connectivity index is 1.96. The number of hydrogen-bond acceptors (Lipinski definition) is 3. The van der Waals surface area contributed by atoms with Crippen molar-refractivity contribution in [1.29, 1.82) is 0 Å². The van der Waals surface area contributed by atoms with Crippen molar-refractivity contribution in [2.45, 2.75) is 78.0 Å². The number of carbonyl (C=O) groups excluding carboxylic acids is 1. The number of allylic oxidation sites excluding steroid dienone is 2. The van der Waals surface area contributed by atoms with Crippen molar-refractivity contribution in [1.82, 2.24) is 5.32 Å². The van der Waals surface area contributed by atoms with Crippen molar-refractivity contribution in [2.75, 3.05) is 0 Å². The molecular formula is C17H27NO2. The van der Waals surface area contributed by atoms with Gasteiger partial charge >= 0.3 is 0 Å². The van der Waals surface area contributed by atoms with Gasteiger partial charge in [0.1, 0.15) is 5.76 Å². The van der Waals surface area contributed by atoms with E-state index >= 15 is 0 Å². The lowest BCUT2D eigenvalue weighted by atomic mass is 9.68. The van der Waals surface area contributed by atoms with Gasteiger partial charge in [-0.3, -0.25) is 10.1 Å². The maximum absolute atomic E-state index is 12.5. The number of carbonyl (C=O) groups is 1. The predicted octanol–water partition coefficient (Wildman–Crippen LogP) is 3.54. The normalized spacial score (nSPS) is 35.9. The van der Waals surface area contributed by atoms with E-state index in [0.717, 1.165) is 43.4 Å². The number of Topliss-reactive ketones (excluding diaryl/α,β-unsaturated/α-hetero) is 1. The molecule has 3 nitrogen and oxygen atoms in total. The Morgan fingerprint density at radius 2 is 2.05 bits per heavy atom. The summed E-state index contributed by atoms with van der Waals surface area (Å²) < 4.78 is 6.41. The highest BCUT2D eigenvalue weighted by molar-refractivity contribution is 5.97. The van der Waals surface area contributed by atoms with E-state index in [1.165, 1.54) is 0 Å². The van der Waals surface area contributed by atoms with Gasteiger partial charge in [0.05, 0.1) is 0 Å². The summed E-state index contributed by atoms with van der Waals surface area (Å²) in [5, 5.41) is 3.63. The summed E-state index contributed by atoms with van der Waals surface area (Å²) in [5.41, 5.74) is 0.856. The second-order valence-corrected chi connectivity index (χ2v) is 7.97. The molecule has 0 aromatic carbocycles. The first kappa shape index (κ1) is 14.1. The molecule has 0 aromatic heterocycles. The van der Waals surface area contributed by atoms with Gasteiger partial charge in [-0.25, -0.2) is 0 Å². The third-order valence-corrected chi connectivity index (χ3v) is 4.87. The minimum absolute atomic E-state index is 0.0422. The van der Waals surface area contributed by atoms with Crippen molar-refractivity contribution >= 4 is 5.78 Å². The lowest BCUT2D eigenvalue weighted by Crippen LogP contribution is -2.56. The molecule has 0 unspecified atom stereocenters. The van der Waals surface area contributed by atoms with Crippen LogP contribution >= 0.6 is 0 Å². The SMILES string of the molecule is CC(C)N[C@]12CCC[C@H](C1)C1=C(CC(C)(C)CC1=O)O2. The molecule has 1 saturated carbocycles. The first-order valence-corrected chi connectivity index (χ1v) is 8.03. The summed E-state index contributed by atoms with van der Waals surface area (Å²) in [7, 11) is 0. The molecule has 0 amide bonds. The Bertz CT molecular complexity index is 464. The molecule has 0 radical (unpaired) electrons. The lowest BCUT2D eigenvalue weighted by molar-refractivity contribution is -0.129. The predicted molar refractivity (Wildman–Crippen MR) is 79.1 cm³/mol. The van der Waals surface area contributed by atoms with E-state index in [1.807, 2.05) is 0 Å². The van der Waals surface area contributed by atoms with Crippen LogP contribution in [0.2, 0.25) is 0 Å². The van der Waals surface area contributed by atoms with E-state index in [4.69, 9.17) is 4.74 Å². The second-order valence-electron chi connectivity index (χ2n) is 7.97. The number of fused-ring (bicyclic) bond motifs is 3. The molecule has 1 heterocycles. The summed E-state index contributed by atoms with van der Waals surface area (Å²) in [6, 6.07) is 0.406. The average Bonchev–Trinajstić information content (AvgIpc) is 2.23. The number of hydrogen-bond donors (Lipinski definition) is 1. The van der Waals surface area contributed by atoms with Crippen LogP contribution in [-0.2, 0) is 9.53 Å². The molecule has 0 aromatic rings. The molecule has 3 aliphatic rings. The van der Waals surface area contributed by atoms with Gasteiger partial charge in [-0.1, -0.05) is 13.8 Å². The van der Waals surface area contributed by atoms with Crippen LogP contribution in [0, 0.1) is 11.3 Å². The van der Waals surface area contributed by atoms with Crippen LogP contribution in [0.15, 0.2) is 11.3 Å². The van der Waals surface area contributed by atoms with Crippen molar-refractivity contribution in [3.63, 3.8) is 0 Å². The van der Waals surface area contributed by atoms with Crippen LogP contribution in [0.5, 0.6) is 0 Å². The first-order chi connectivity index (χ1) is 9.30. The summed E-state index contributed by atoms with van der Waals surface area (Å²) in [4.78, 5) is 12.5. The molecule has 1 aliphatic heterocycles. The van der Waals surface area contributed by atoms with Crippen LogP contribution in [0.4, 0.5) is 0 Å². The van der Waals surface area contributed by atoms with E-state index < -0.39 is 0 Å². The third-order valence-electron chi connectivity index (χ3n) is 4.87. The Morgan fingerprint density at radius 3 is 2.75 bits per heavy atom. The minimum atomic E-state index is -0.219.